The number of carbonyl (C=O) groups excluding carboxylic acids is 1. The van der Waals surface area contributed by atoms with Gasteiger partial charge < -0.3 is 9.64 Å². The standard InChI is InChI=1S/C17H26N2O2/c1-14-6-5-8-16(12-14)21-13-17(20)19(2)11-9-15-7-3-4-10-18-15/h3-4,7,10,14,16H,5-6,8-9,11-13H2,1-2H3/t14-,16+/m0/s1. The number of pyridine rings is 1. The summed E-state index contributed by atoms with van der Waals surface area (Å²) < 4.78 is 5.78. The molecule has 4 heteroatoms. The molecule has 1 amide bonds. The first-order valence-electron chi connectivity index (χ1n) is 7.90. The largest absolute Gasteiger partial charge is 0.368 e. The Hall–Kier alpha value is -1.42. The molecule has 0 radical (unpaired) electrons. The third kappa shape index (κ3) is 5.46. The summed E-state index contributed by atoms with van der Waals surface area (Å²) in [6.07, 6.45) is 7.52. The fraction of sp³-hybridized carbons (Fsp3) is 0.647. The van der Waals surface area contributed by atoms with Crippen LogP contribution in [0.4, 0.5) is 0 Å². The van der Waals surface area contributed by atoms with E-state index in [9.17, 15) is 4.79 Å². The van der Waals surface area contributed by atoms with Crippen molar-refractivity contribution >= 4 is 5.91 Å². The van der Waals surface area contributed by atoms with Gasteiger partial charge in [0, 0.05) is 31.9 Å². The summed E-state index contributed by atoms with van der Waals surface area (Å²) in [4.78, 5) is 18.1. The van der Waals surface area contributed by atoms with Gasteiger partial charge in [0.1, 0.15) is 6.61 Å². The van der Waals surface area contributed by atoms with E-state index >= 15 is 0 Å². The van der Waals surface area contributed by atoms with Crippen LogP contribution >= 0.6 is 0 Å². The summed E-state index contributed by atoms with van der Waals surface area (Å²) in [5, 5.41) is 0. The average molecular weight is 290 g/mol. The normalized spacial score (nSPS) is 22.0. The number of hydrogen-bond acceptors (Lipinski definition) is 3. The molecule has 1 aliphatic rings. The van der Waals surface area contributed by atoms with Crippen LogP contribution in [0, 0.1) is 5.92 Å². The smallest absolute Gasteiger partial charge is 0.248 e. The SMILES string of the molecule is C[C@H]1CCC[C@@H](OCC(=O)N(C)CCc2ccccn2)C1. The van der Waals surface area contributed by atoms with Crippen molar-refractivity contribution in [2.24, 2.45) is 5.92 Å². The number of aromatic nitrogens is 1. The Kier molecular flexibility index (Phi) is 6.18. The lowest BCUT2D eigenvalue weighted by atomic mass is 9.89. The summed E-state index contributed by atoms with van der Waals surface area (Å²) >= 11 is 0. The Bertz CT molecular complexity index is 436. The van der Waals surface area contributed by atoms with Gasteiger partial charge >= 0.3 is 0 Å². The highest BCUT2D eigenvalue weighted by atomic mass is 16.5. The van der Waals surface area contributed by atoms with E-state index in [1.165, 1.54) is 12.8 Å². The summed E-state index contributed by atoms with van der Waals surface area (Å²) in [5.74, 6) is 0.782. The second-order valence-corrected chi connectivity index (χ2v) is 6.09. The van der Waals surface area contributed by atoms with E-state index in [-0.39, 0.29) is 18.6 Å². The van der Waals surface area contributed by atoms with Crippen molar-refractivity contribution in [3.05, 3.63) is 30.1 Å². The molecule has 0 unspecified atom stereocenters. The second-order valence-electron chi connectivity index (χ2n) is 6.09. The molecule has 1 fully saturated rings. The number of ether oxygens (including phenoxy) is 1. The third-order valence-corrected chi connectivity index (χ3v) is 4.19. The molecule has 1 aliphatic carbocycles. The first-order valence-corrected chi connectivity index (χ1v) is 7.90. The number of carbonyl (C=O) groups is 1. The maximum absolute atomic E-state index is 12.1. The molecule has 0 saturated heterocycles. The molecule has 2 atom stereocenters. The molecule has 1 aromatic heterocycles. The van der Waals surface area contributed by atoms with Gasteiger partial charge in [-0.3, -0.25) is 9.78 Å². The lowest BCUT2D eigenvalue weighted by Gasteiger charge is -2.27. The Morgan fingerprint density at radius 3 is 3.00 bits per heavy atom. The first kappa shape index (κ1) is 16.0. The molecule has 0 aliphatic heterocycles. The molecule has 1 heterocycles. The van der Waals surface area contributed by atoms with Gasteiger partial charge in [0.15, 0.2) is 0 Å². The monoisotopic (exact) mass is 290 g/mol. The van der Waals surface area contributed by atoms with Crippen LogP contribution in [-0.4, -0.2) is 42.1 Å². The number of hydrogen-bond donors (Lipinski definition) is 0. The molecule has 21 heavy (non-hydrogen) atoms. The Morgan fingerprint density at radius 1 is 1.43 bits per heavy atom. The zero-order valence-corrected chi connectivity index (χ0v) is 13.1. The molecular weight excluding hydrogens is 264 g/mol. The van der Waals surface area contributed by atoms with E-state index in [0.29, 0.717) is 6.54 Å². The quantitative estimate of drug-likeness (QED) is 0.809. The minimum Gasteiger partial charge on any atom is -0.368 e. The molecule has 0 N–H and O–H groups in total. The molecule has 0 aromatic carbocycles. The van der Waals surface area contributed by atoms with Crippen LogP contribution in [0.2, 0.25) is 0 Å². The van der Waals surface area contributed by atoms with E-state index < -0.39 is 0 Å². The summed E-state index contributed by atoms with van der Waals surface area (Å²) in [6.45, 7) is 3.15. The van der Waals surface area contributed by atoms with Gasteiger partial charge in [-0.2, -0.15) is 0 Å². The predicted octanol–water partition coefficient (Wildman–Crippen LogP) is 2.68. The number of nitrogens with zero attached hydrogens (tertiary/aromatic N) is 2. The van der Waals surface area contributed by atoms with Crippen molar-refractivity contribution in [3.8, 4) is 0 Å². The van der Waals surface area contributed by atoms with Crippen LogP contribution in [0.25, 0.3) is 0 Å². The van der Waals surface area contributed by atoms with Crippen LogP contribution < -0.4 is 0 Å². The van der Waals surface area contributed by atoms with Crippen molar-refractivity contribution in [1.29, 1.82) is 0 Å². The maximum Gasteiger partial charge on any atom is 0.248 e. The minimum absolute atomic E-state index is 0.0594. The highest BCUT2D eigenvalue weighted by molar-refractivity contribution is 5.77. The summed E-state index contributed by atoms with van der Waals surface area (Å²) in [7, 11) is 1.83. The van der Waals surface area contributed by atoms with E-state index in [1.54, 1.807) is 11.1 Å². The molecule has 2 rings (SSSR count). The zero-order chi connectivity index (χ0) is 15.1. The molecular formula is C17H26N2O2. The van der Waals surface area contributed by atoms with Crippen LogP contribution in [0.1, 0.15) is 38.3 Å². The molecule has 1 aromatic rings. The van der Waals surface area contributed by atoms with Gasteiger partial charge in [-0.05, 0) is 30.9 Å². The van der Waals surface area contributed by atoms with Crippen molar-refractivity contribution < 1.29 is 9.53 Å². The molecule has 4 nitrogen and oxygen atoms in total. The molecule has 0 bridgehead atoms. The highest BCUT2D eigenvalue weighted by Gasteiger charge is 2.20. The fourth-order valence-corrected chi connectivity index (χ4v) is 2.78. The van der Waals surface area contributed by atoms with Crippen molar-refractivity contribution in [2.75, 3.05) is 20.2 Å². The minimum atomic E-state index is 0.0594. The van der Waals surface area contributed by atoms with Crippen LogP contribution in [0.3, 0.4) is 0 Å². The van der Waals surface area contributed by atoms with Gasteiger partial charge in [-0.25, -0.2) is 0 Å². The Labute approximate surface area is 127 Å². The highest BCUT2D eigenvalue weighted by Crippen LogP contribution is 2.25. The topological polar surface area (TPSA) is 42.4 Å². The van der Waals surface area contributed by atoms with E-state index in [2.05, 4.69) is 11.9 Å². The van der Waals surface area contributed by atoms with Crippen molar-refractivity contribution in [3.63, 3.8) is 0 Å². The first-order chi connectivity index (χ1) is 10.1. The maximum atomic E-state index is 12.1. The number of likely N-dealkylation sites (N-methyl/N-ethyl adjacent to an activating group) is 1. The van der Waals surface area contributed by atoms with Crippen LogP contribution in [0.5, 0.6) is 0 Å². The average Bonchev–Trinajstić information content (AvgIpc) is 2.51. The molecule has 0 spiro atoms. The fourth-order valence-electron chi connectivity index (χ4n) is 2.78. The van der Waals surface area contributed by atoms with Crippen molar-refractivity contribution in [1.82, 2.24) is 9.88 Å². The Morgan fingerprint density at radius 2 is 2.29 bits per heavy atom. The predicted molar refractivity (Wildman–Crippen MR) is 83.0 cm³/mol. The van der Waals surface area contributed by atoms with Gasteiger partial charge in [0.25, 0.3) is 0 Å². The van der Waals surface area contributed by atoms with Gasteiger partial charge in [0.2, 0.25) is 5.91 Å². The van der Waals surface area contributed by atoms with E-state index in [1.807, 2.05) is 25.2 Å². The van der Waals surface area contributed by atoms with Gasteiger partial charge in [0.05, 0.1) is 6.10 Å². The van der Waals surface area contributed by atoms with Crippen LogP contribution in [0.15, 0.2) is 24.4 Å². The lowest BCUT2D eigenvalue weighted by molar-refractivity contribution is -0.137. The third-order valence-electron chi connectivity index (χ3n) is 4.19. The second kappa shape index (κ2) is 8.13. The van der Waals surface area contributed by atoms with Crippen molar-refractivity contribution in [2.45, 2.75) is 45.1 Å². The Balaban J connectivity index is 1.67. The zero-order valence-electron chi connectivity index (χ0n) is 13.1. The molecule has 1 saturated carbocycles. The number of amides is 1. The van der Waals surface area contributed by atoms with Gasteiger partial charge in [-0.1, -0.05) is 25.8 Å². The summed E-state index contributed by atoms with van der Waals surface area (Å²) in [6, 6.07) is 5.85. The lowest BCUT2D eigenvalue weighted by Crippen LogP contribution is -2.34. The van der Waals surface area contributed by atoms with Gasteiger partial charge in [-0.15, -0.1) is 0 Å². The molecule has 116 valence electrons. The summed E-state index contributed by atoms with van der Waals surface area (Å²) in [5.41, 5.74) is 1.01. The van der Waals surface area contributed by atoms with E-state index in [4.69, 9.17) is 4.74 Å². The van der Waals surface area contributed by atoms with Crippen LogP contribution in [-0.2, 0) is 16.0 Å². The van der Waals surface area contributed by atoms with E-state index in [0.717, 1.165) is 30.9 Å². The number of rotatable bonds is 6.